The minimum Gasteiger partial charge on any atom is -0.465 e. The summed E-state index contributed by atoms with van der Waals surface area (Å²) in [5.41, 5.74) is 1.76. The first-order valence-corrected chi connectivity index (χ1v) is 13.8. The number of esters is 2. The van der Waals surface area contributed by atoms with Crippen molar-refractivity contribution in [3.8, 4) is 11.3 Å². The average Bonchev–Trinajstić information content (AvgIpc) is 3.55. The van der Waals surface area contributed by atoms with Crippen molar-refractivity contribution in [3.05, 3.63) is 125 Å². The van der Waals surface area contributed by atoms with Gasteiger partial charge in [0.25, 0.3) is 5.56 Å². The largest absolute Gasteiger partial charge is 0.465 e. The van der Waals surface area contributed by atoms with Crippen LogP contribution < -0.4 is 14.9 Å². The molecule has 0 radical (unpaired) electrons. The number of carbonyl (C=O) groups excluding carboxylic acids is 2. The highest BCUT2D eigenvalue weighted by atomic mass is 35.5. The van der Waals surface area contributed by atoms with E-state index < -0.39 is 18.0 Å². The van der Waals surface area contributed by atoms with Crippen LogP contribution in [0, 0.1) is 0 Å². The molecule has 0 N–H and O–H groups in total. The van der Waals surface area contributed by atoms with E-state index in [2.05, 4.69) is 11.6 Å². The highest BCUT2D eigenvalue weighted by Crippen LogP contribution is 2.33. The van der Waals surface area contributed by atoms with E-state index in [1.54, 1.807) is 67.6 Å². The fourth-order valence-corrected chi connectivity index (χ4v) is 5.83. The third-order valence-corrected chi connectivity index (χ3v) is 7.86. The van der Waals surface area contributed by atoms with Crippen molar-refractivity contribution >= 4 is 52.6 Å². The van der Waals surface area contributed by atoms with Crippen LogP contribution in [0.1, 0.15) is 34.6 Å². The Labute approximate surface area is 248 Å². The Morgan fingerprint density at radius 2 is 1.88 bits per heavy atom. The van der Waals surface area contributed by atoms with Crippen LogP contribution in [0.5, 0.6) is 0 Å². The number of carbonyl (C=O) groups is 2. The van der Waals surface area contributed by atoms with E-state index in [0.717, 1.165) is 11.3 Å². The number of ether oxygens (including phenoxy) is 2. The highest BCUT2D eigenvalue weighted by Gasteiger charge is 2.33. The molecule has 2 aromatic carbocycles. The third kappa shape index (κ3) is 5.56. The van der Waals surface area contributed by atoms with E-state index in [9.17, 15) is 14.4 Å². The lowest BCUT2D eigenvalue weighted by atomic mass is 9.95. The standard InChI is InChI=1S/C30H22Cl2N2O6S/c1-4-13-39-29(37)25-16(2)33-30-34(26(25)17-5-7-18(8-6-17)28(36)38-3)27(35)24(41-30)15-20-10-12-23(40-20)21-14-19(31)9-11-22(21)32/h4-12,14-15,26H,1,13H2,2-3H3. The topological polar surface area (TPSA) is 100 Å². The Kier molecular flexibility index (Phi) is 8.12. The van der Waals surface area contributed by atoms with Crippen LogP contribution in [0.3, 0.4) is 0 Å². The number of furan rings is 1. The molecule has 0 amide bonds. The van der Waals surface area contributed by atoms with E-state index in [0.29, 0.717) is 53.3 Å². The van der Waals surface area contributed by atoms with Crippen LogP contribution in [-0.4, -0.2) is 30.2 Å². The molecule has 208 valence electrons. The number of aromatic nitrogens is 1. The number of rotatable bonds is 7. The molecule has 1 aliphatic heterocycles. The zero-order chi connectivity index (χ0) is 29.3. The van der Waals surface area contributed by atoms with Crippen LogP contribution in [0.15, 0.2) is 92.7 Å². The molecule has 0 aliphatic carbocycles. The number of hydrogen-bond acceptors (Lipinski definition) is 8. The molecule has 1 unspecified atom stereocenters. The second-order valence-corrected chi connectivity index (χ2v) is 10.8. The van der Waals surface area contributed by atoms with Crippen molar-refractivity contribution in [2.45, 2.75) is 13.0 Å². The van der Waals surface area contributed by atoms with E-state index in [-0.39, 0.29) is 17.7 Å². The Hall–Kier alpha value is -4.18. The number of benzene rings is 2. The Morgan fingerprint density at radius 1 is 1.12 bits per heavy atom. The van der Waals surface area contributed by atoms with Gasteiger partial charge in [-0.3, -0.25) is 9.36 Å². The summed E-state index contributed by atoms with van der Waals surface area (Å²) in [6, 6.07) is 14.1. The molecule has 0 bridgehead atoms. The summed E-state index contributed by atoms with van der Waals surface area (Å²) in [4.78, 5) is 43.9. The van der Waals surface area contributed by atoms with Crippen molar-refractivity contribution < 1.29 is 23.5 Å². The van der Waals surface area contributed by atoms with Crippen molar-refractivity contribution in [2.24, 2.45) is 4.99 Å². The first kappa shape index (κ1) is 28.4. The van der Waals surface area contributed by atoms with Crippen LogP contribution in [0.25, 0.3) is 17.4 Å². The van der Waals surface area contributed by atoms with Gasteiger partial charge in [0, 0.05) is 16.7 Å². The predicted octanol–water partition coefficient (Wildman–Crippen LogP) is 5.32. The van der Waals surface area contributed by atoms with Gasteiger partial charge in [0.2, 0.25) is 0 Å². The van der Waals surface area contributed by atoms with Crippen molar-refractivity contribution in [2.75, 3.05) is 13.7 Å². The summed E-state index contributed by atoms with van der Waals surface area (Å²) in [7, 11) is 1.29. The zero-order valence-electron chi connectivity index (χ0n) is 21.9. The molecular weight excluding hydrogens is 587 g/mol. The quantitative estimate of drug-likeness (QED) is 0.208. The normalized spacial score (nSPS) is 14.8. The van der Waals surface area contributed by atoms with Gasteiger partial charge in [0.05, 0.1) is 39.5 Å². The summed E-state index contributed by atoms with van der Waals surface area (Å²) >= 11 is 13.6. The maximum absolute atomic E-state index is 13.8. The lowest BCUT2D eigenvalue weighted by Crippen LogP contribution is -2.40. The van der Waals surface area contributed by atoms with E-state index in [1.165, 1.54) is 17.8 Å². The molecule has 5 rings (SSSR count). The number of hydrogen-bond donors (Lipinski definition) is 0. The lowest BCUT2D eigenvalue weighted by molar-refractivity contribution is -0.138. The summed E-state index contributed by atoms with van der Waals surface area (Å²) in [6.07, 6.45) is 3.07. The smallest absolute Gasteiger partial charge is 0.338 e. The van der Waals surface area contributed by atoms with Gasteiger partial charge in [-0.1, -0.05) is 59.3 Å². The Bertz CT molecular complexity index is 1900. The fraction of sp³-hybridized carbons (Fsp3) is 0.133. The number of halogens is 2. The maximum atomic E-state index is 13.8. The Morgan fingerprint density at radius 3 is 2.59 bits per heavy atom. The minimum absolute atomic E-state index is 0.00843. The number of fused-ring (bicyclic) bond motifs is 1. The molecule has 3 heterocycles. The summed E-state index contributed by atoms with van der Waals surface area (Å²) in [6.45, 7) is 5.27. The molecule has 1 aliphatic rings. The van der Waals surface area contributed by atoms with Crippen molar-refractivity contribution in [1.82, 2.24) is 4.57 Å². The first-order chi connectivity index (χ1) is 19.7. The summed E-state index contributed by atoms with van der Waals surface area (Å²) in [5, 5.41) is 0.979. The maximum Gasteiger partial charge on any atom is 0.338 e. The van der Waals surface area contributed by atoms with Crippen molar-refractivity contribution in [1.29, 1.82) is 0 Å². The summed E-state index contributed by atoms with van der Waals surface area (Å²) < 4.78 is 17.9. The molecule has 1 atom stereocenters. The van der Waals surface area contributed by atoms with Crippen LogP contribution >= 0.6 is 34.5 Å². The molecule has 0 saturated carbocycles. The SMILES string of the molecule is C=CCOC(=O)C1=C(C)N=c2sc(=Cc3ccc(-c4cc(Cl)ccc4Cl)o3)c(=O)n2C1c1ccc(C(=O)OC)cc1. The van der Waals surface area contributed by atoms with Crippen LogP contribution in [0.2, 0.25) is 10.0 Å². The number of thiazole rings is 1. The Balaban J connectivity index is 1.63. The summed E-state index contributed by atoms with van der Waals surface area (Å²) in [5.74, 6) is -0.226. The second kappa shape index (κ2) is 11.7. The second-order valence-electron chi connectivity index (χ2n) is 8.91. The molecule has 11 heteroatoms. The highest BCUT2D eigenvalue weighted by molar-refractivity contribution is 7.07. The predicted molar refractivity (Wildman–Crippen MR) is 157 cm³/mol. The van der Waals surface area contributed by atoms with Gasteiger partial charge < -0.3 is 13.9 Å². The molecular formula is C30H22Cl2N2O6S. The van der Waals surface area contributed by atoms with Crippen LogP contribution in [0.4, 0.5) is 0 Å². The van der Waals surface area contributed by atoms with Gasteiger partial charge in [-0.25, -0.2) is 14.6 Å². The lowest BCUT2D eigenvalue weighted by Gasteiger charge is -2.24. The minimum atomic E-state index is -0.852. The zero-order valence-corrected chi connectivity index (χ0v) is 24.2. The number of methoxy groups -OCH3 is 1. The first-order valence-electron chi connectivity index (χ1n) is 12.3. The van der Waals surface area contributed by atoms with Gasteiger partial charge in [-0.2, -0.15) is 0 Å². The monoisotopic (exact) mass is 608 g/mol. The van der Waals surface area contributed by atoms with Gasteiger partial charge in [-0.15, -0.1) is 0 Å². The molecule has 8 nitrogen and oxygen atoms in total. The molecule has 0 saturated heterocycles. The van der Waals surface area contributed by atoms with Gasteiger partial charge in [0.1, 0.15) is 18.1 Å². The molecule has 41 heavy (non-hydrogen) atoms. The van der Waals surface area contributed by atoms with Crippen molar-refractivity contribution in [3.63, 3.8) is 0 Å². The fourth-order valence-electron chi connectivity index (χ4n) is 4.42. The molecule has 0 fully saturated rings. The van der Waals surface area contributed by atoms with E-state index in [4.69, 9.17) is 37.1 Å². The van der Waals surface area contributed by atoms with E-state index >= 15 is 0 Å². The van der Waals surface area contributed by atoms with Crippen LogP contribution in [-0.2, 0) is 14.3 Å². The molecule has 2 aromatic heterocycles. The van der Waals surface area contributed by atoms with Gasteiger partial charge >= 0.3 is 11.9 Å². The third-order valence-electron chi connectivity index (χ3n) is 6.32. The molecule has 4 aromatic rings. The number of nitrogens with zero attached hydrogens (tertiary/aromatic N) is 2. The van der Waals surface area contributed by atoms with E-state index in [1.807, 2.05) is 0 Å². The van der Waals surface area contributed by atoms with Gasteiger partial charge in [-0.05, 0) is 55.0 Å². The number of allylic oxidation sites excluding steroid dienone is 1. The average molecular weight is 609 g/mol. The molecule has 0 spiro atoms. The van der Waals surface area contributed by atoms with Gasteiger partial charge in [0.15, 0.2) is 4.80 Å².